The summed E-state index contributed by atoms with van der Waals surface area (Å²) in [5, 5.41) is 0.686. The molecule has 0 amide bonds. The van der Waals surface area contributed by atoms with Crippen LogP contribution in [0.25, 0.3) is 22.2 Å². The van der Waals surface area contributed by atoms with Gasteiger partial charge >= 0.3 is 0 Å². The zero-order chi connectivity index (χ0) is 21.1. The number of ether oxygens (including phenoxy) is 1. The zero-order valence-electron chi connectivity index (χ0n) is 17.1. The Hall–Kier alpha value is -3.97. The van der Waals surface area contributed by atoms with Crippen LogP contribution in [0, 0.1) is 18.8 Å². The van der Waals surface area contributed by atoms with Crippen molar-refractivity contribution < 1.29 is 9.53 Å². The van der Waals surface area contributed by atoms with Gasteiger partial charge < -0.3 is 4.74 Å². The molecule has 4 heteroatoms. The topological polar surface area (TPSA) is 52.1 Å². The molecule has 2 aromatic heterocycles. The van der Waals surface area contributed by atoms with E-state index in [1.54, 1.807) is 25.6 Å². The number of aromatic nitrogens is 2. The molecule has 0 fully saturated rings. The number of nitrogens with zero attached hydrogens (tertiary/aromatic N) is 2. The zero-order valence-corrected chi connectivity index (χ0v) is 17.1. The Labute approximate surface area is 175 Å². The summed E-state index contributed by atoms with van der Waals surface area (Å²) in [5.74, 6) is 6.73. The molecule has 0 N–H and O–H groups in total. The maximum Gasteiger partial charge on any atom is 0.164 e. The van der Waals surface area contributed by atoms with Crippen molar-refractivity contribution in [1.29, 1.82) is 0 Å². The number of rotatable bonds is 3. The van der Waals surface area contributed by atoms with E-state index < -0.39 is 0 Å². The Morgan fingerprint density at radius 1 is 0.933 bits per heavy atom. The normalized spacial score (nSPS) is 10.4. The lowest BCUT2D eigenvalue weighted by atomic mass is 10.0. The summed E-state index contributed by atoms with van der Waals surface area (Å²) in [6, 6.07) is 17.7. The number of aryl methyl sites for hydroxylation is 1. The first-order chi connectivity index (χ1) is 14.6. The third-order valence-corrected chi connectivity index (χ3v) is 4.86. The predicted molar refractivity (Wildman–Crippen MR) is 119 cm³/mol. The second-order valence-electron chi connectivity index (χ2n) is 7.01. The summed E-state index contributed by atoms with van der Waals surface area (Å²) in [5.41, 5.74) is 5.76. The molecule has 4 rings (SSSR count). The van der Waals surface area contributed by atoms with Crippen LogP contribution in [-0.4, -0.2) is 22.9 Å². The molecule has 0 atom stereocenters. The largest absolute Gasteiger partial charge is 0.494 e. The predicted octanol–water partition coefficient (Wildman–Crippen LogP) is 5.22. The Morgan fingerprint density at radius 2 is 1.57 bits per heavy atom. The summed E-state index contributed by atoms with van der Waals surface area (Å²) in [7, 11) is 1.55. The Bertz CT molecular complexity index is 1300. The Kier molecular flexibility index (Phi) is 5.28. The van der Waals surface area contributed by atoms with Gasteiger partial charge in [-0.1, -0.05) is 41.7 Å². The molecule has 4 aromatic rings. The van der Waals surface area contributed by atoms with Crippen molar-refractivity contribution in [2.45, 2.75) is 13.8 Å². The summed E-state index contributed by atoms with van der Waals surface area (Å²) in [6.45, 7) is 3.58. The van der Waals surface area contributed by atoms with Gasteiger partial charge in [0.15, 0.2) is 11.5 Å². The summed E-state index contributed by atoms with van der Waals surface area (Å²) in [4.78, 5) is 21.2. The van der Waals surface area contributed by atoms with Crippen molar-refractivity contribution in [2.24, 2.45) is 0 Å². The second-order valence-corrected chi connectivity index (χ2v) is 7.01. The van der Waals surface area contributed by atoms with Gasteiger partial charge in [-0.05, 0) is 44.2 Å². The summed E-state index contributed by atoms with van der Waals surface area (Å²) < 4.78 is 5.61. The molecule has 0 saturated heterocycles. The maximum absolute atomic E-state index is 12.4. The highest BCUT2D eigenvalue weighted by atomic mass is 16.5. The quantitative estimate of drug-likeness (QED) is 0.354. The van der Waals surface area contributed by atoms with Crippen molar-refractivity contribution in [1.82, 2.24) is 9.97 Å². The van der Waals surface area contributed by atoms with Gasteiger partial charge in [0.05, 0.1) is 18.2 Å². The number of ketones is 1. The van der Waals surface area contributed by atoms with Gasteiger partial charge in [-0.15, -0.1) is 0 Å². The summed E-state index contributed by atoms with van der Waals surface area (Å²) in [6.07, 6.45) is 3.31. The van der Waals surface area contributed by atoms with E-state index in [0.29, 0.717) is 27.9 Å². The van der Waals surface area contributed by atoms with Crippen molar-refractivity contribution >= 4 is 16.7 Å². The molecule has 0 spiro atoms. The van der Waals surface area contributed by atoms with Crippen molar-refractivity contribution in [2.75, 3.05) is 7.11 Å². The molecule has 4 nitrogen and oxygen atoms in total. The molecule has 0 saturated carbocycles. The van der Waals surface area contributed by atoms with Crippen LogP contribution in [0.1, 0.15) is 34.0 Å². The molecule has 2 aromatic carbocycles. The molecule has 0 unspecified atom stereocenters. The van der Waals surface area contributed by atoms with E-state index in [4.69, 9.17) is 9.72 Å². The number of hydrogen-bond acceptors (Lipinski definition) is 4. The lowest BCUT2D eigenvalue weighted by molar-refractivity contribution is 0.101. The van der Waals surface area contributed by atoms with Crippen LogP contribution >= 0.6 is 0 Å². The minimum Gasteiger partial charge on any atom is -0.494 e. The van der Waals surface area contributed by atoms with E-state index in [1.165, 1.54) is 12.5 Å². The number of benzene rings is 2. The highest BCUT2D eigenvalue weighted by Gasteiger charge is 2.20. The van der Waals surface area contributed by atoms with Crippen LogP contribution < -0.4 is 4.74 Å². The third-order valence-electron chi connectivity index (χ3n) is 4.86. The van der Waals surface area contributed by atoms with Gasteiger partial charge in [0, 0.05) is 34.5 Å². The van der Waals surface area contributed by atoms with Crippen LogP contribution in [0.3, 0.4) is 0 Å². The fraction of sp³-hybridized carbons (Fsp3) is 0.115. The molecule has 146 valence electrons. The van der Waals surface area contributed by atoms with Crippen LogP contribution in [0.2, 0.25) is 0 Å². The SMILES string of the molecule is COc1c(-c2ccc(C#Cc3ccc(C)cc3)cc2)nc2ccncc2c1C(C)=O. The fourth-order valence-electron chi connectivity index (χ4n) is 3.33. The van der Waals surface area contributed by atoms with Gasteiger partial charge in [-0.3, -0.25) is 9.78 Å². The van der Waals surface area contributed by atoms with Crippen LogP contribution in [-0.2, 0) is 0 Å². The minimum absolute atomic E-state index is 0.0888. The standard InChI is InChI=1S/C26H20N2O2/c1-17-4-6-19(7-5-17)8-9-20-10-12-21(13-11-20)25-26(30-3)24(18(2)29)22-16-27-15-14-23(22)28-25/h4-7,10-16H,1-3H3. The lowest BCUT2D eigenvalue weighted by Crippen LogP contribution is -2.03. The molecule has 0 aliphatic rings. The Morgan fingerprint density at radius 3 is 2.17 bits per heavy atom. The van der Waals surface area contributed by atoms with Gasteiger partial charge in [0.25, 0.3) is 0 Å². The van der Waals surface area contributed by atoms with Crippen LogP contribution in [0.5, 0.6) is 5.75 Å². The fourth-order valence-corrected chi connectivity index (χ4v) is 3.33. The Balaban J connectivity index is 1.76. The first-order valence-electron chi connectivity index (χ1n) is 9.58. The van der Waals surface area contributed by atoms with E-state index in [2.05, 4.69) is 23.7 Å². The van der Waals surface area contributed by atoms with Crippen molar-refractivity contribution in [3.63, 3.8) is 0 Å². The van der Waals surface area contributed by atoms with E-state index in [9.17, 15) is 4.79 Å². The summed E-state index contributed by atoms with van der Waals surface area (Å²) >= 11 is 0. The van der Waals surface area contributed by atoms with Gasteiger partial charge in [0.2, 0.25) is 0 Å². The van der Waals surface area contributed by atoms with E-state index in [1.807, 2.05) is 48.5 Å². The molecule has 0 bridgehead atoms. The molecule has 0 aliphatic carbocycles. The van der Waals surface area contributed by atoms with Crippen LogP contribution in [0.15, 0.2) is 67.0 Å². The van der Waals surface area contributed by atoms with Crippen molar-refractivity contribution in [3.05, 3.63) is 89.2 Å². The second kappa shape index (κ2) is 8.18. The van der Waals surface area contributed by atoms with Gasteiger partial charge in [-0.2, -0.15) is 0 Å². The number of pyridine rings is 2. The number of carbonyl (C=O) groups is 1. The number of methoxy groups -OCH3 is 1. The van der Waals surface area contributed by atoms with Gasteiger partial charge in [0.1, 0.15) is 5.69 Å². The van der Waals surface area contributed by atoms with Crippen molar-refractivity contribution in [3.8, 4) is 28.8 Å². The first kappa shape index (κ1) is 19.4. The molecule has 0 aliphatic heterocycles. The highest BCUT2D eigenvalue weighted by Crippen LogP contribution is 2.36. The maximum atomic E-state index is 12.4. The number of hydrogen-bond donors (Lipinski definition) is 0. The smallest absolute Gasteiger partial charge is 0.164 e. The highest BCUT2D eigenvalue weighted by molar-refractivity contribution is 6.10. The van der Waals surface area contributed by atoms with E-state index >= 15 is 0 Å². The average molecular weight is 392 g/mol. The lowest BCUT2D eigenvalue weighted by Gasteiger charge is -2.14. The molecule has 0 radical (unpaired) electrons. The molecular weight excluding hydrogens is 372 g/mol. The molecule has 2 heterocycles. The number of Topliss-reactive ketones (excluding diaryl/α,β-unsaturated/α-hetero) is 1. The van der Waals surface area contributed by atoms with E-state index in [-0.39, 0.29) is 5.78 Å². The average Bonchev–Trinajstić information content (AvgIpc) is 2.77. The minimum atomic E-state index is -0.0888. The first-order valence-corrected chi connectivity index (χ1v) is 9.58. The van der Waals surface area contributed by atoms with Gasteiger partial charge in [-0.25, -0.2) is 4.98 Å². The molecule has 30 heavy (non-hydrogen) atoms. The van der Waals surface area contributed by atoms with E-state index in [0.717, 1.165) is 16.7 Å². The monoisotopic (exact) mass is 392 g/mol. The third kappa shape index (κ3) is 3.78. The number of carbonyl (C=O) groups excluding carboxylic acids is 1. The number of fused-ring (bicyclic) bond motifs is 1. The molecular formula is C26H20N2O2. The van der Waals surface area contributed by atoms with Crippen LogP contribution in [0.4, 0.5) is 0 Å².